The smallest absolute Gasteiger partial charge is 0.235 e. The monoisotopic (exact) mass is 442 g/mol. The maximum Gasteiger partial charge on any atom is 0.235 e. The summed E-state index contributed by atoms with van der Waals surface area (Å²) in [6.07, 6.45) is 9.26. The lowest BCUT2D eigenvalue weighted by Crippen LogP contribution is -2.53. The molecule has 1 aliphatic heterocycles. The van der Waals surface area contributed by atoms with E-state index in [0.29, 0.717) is 12.0 Å². The van der Waals surface area contributed by atoms with Gasteiger partial charge in [0.2, 0.25) is 5.91 Å². The molecule has 3 heterocycles. The molecule has 160 valence electrons. The van der Waals surface area contributed by atoms with Crippen molar-refractivity contribution in [3.8, 4) is 17.2 Å². The van der Waals surface area contributed by atoms with Gasteiger partial charge >= 0.3 is 0 Å². The number of amides is 1. The van der Waals surface area contributed by atoms with Gasteiger partial charge in [0, 0.05) is 29.9 Å². The molecule has 2 aromatic heterocycles. The lowest BCUT2D eigenvalue weighted by Gasteiger charge is -2.39. The number of guanidine groups is 1. The van der Waals surface area contributed by atoms with Gasteiger partial charge in [-0.3, -0.25) is 9.69 Å². The number of hydrogen-bond donors (Lipinski definition) is 1. The highest BCUT2D eigenvalue weighted by molar-refractivity contribution is 7.10. The van der Waals surface area contributed by atoms with E-state index >= 15 is 0 Å². The van der Waals surface area contributed by atoms with Crippen molar-refractivity contribution in [1.29, 1.82) is 5.26 Å². The summed E-state index contributed by atoms with van der Waals surface area (Å²) in [4.78, 5) is 28.3. The van der Waals surface area contributed by atoms with E-state index in [0.717, 1.165) is 21.6 Å². The van der Waals surface area contributed by atoms with Gasteiger partial charge in [0.05, 0.1) is 17.6 Å². The third-order valence-corrected chi connectivity index (χ3v) is 6.84. The number of nitriles is 1. The zero-order chi connectivity index (χ0) is 22.7. The van der Waals surface area contributed by atoms with E-state index in [1.165, 1.54) is 11.2 Å². The minimum Gasteiger partial charge on any atom is -0.369 e. The Morgan fingerprint density at radius 1 is 1.28 bits per heavy atom. The predicted octanol–water partition coefficient (Wildman–Crippen LogP) is 3.80. The molecule has 1 amide bonds. The van der Waals surface area contributed by atoms with Crippen LogP contribution in [-0.4, -0.2) is 33.8 Å². The molecule has 1 unspecified atom stereocenters. The van der Waals surface area contributed by atoms with Gasteiger partial charge in [-0.05, 0) is 48.1 Å². The highest BCUT2D eigenvalue weighted by Crippen LogP contribution is 2.44. The molecule has 2 N–H and O–H groups in total. The number of hydrogen-bond acceptors (Lipinski definition) is 7. The lowest BCUT2D eigenvalue weighted by atomic mass is 9.79. The van der Waals surface area contributed by atoms with Crippen molar-refractivity contribution >= 4 is 29.3 Å². The number of nitrogens with two attached hydrogens (primary N) is 1. The Hall–Kier alpha value is -3.83. The summed E-state index contributed by atoms with van der Waals surface area (Å²) in [5.74, 6) is -0.288. The van der Waals surface area contributed by atoms with Crippen LogP contribution in [0.3, 0.4) is 0 Å². The van der Waals surface area contributed by atoms with Crippen molar-refractivity contribution < 1.29 is 4.79 Å². The Labute approximate surface area is 190 Å². The molecule has 0 fully saturated rings. The second-order valence-electron chi connectivity index (χ2n) is 7.77. The van der Waals surface area contributed by atoms with E-state index < -0.39 is 11.5 Å². The van der Waals surface area contributed by atoms with E-state index in [1.54, 1.807) is 36.8 Å². The number of thiophene rings is 1. The first-order valence-corrected chi connectivity index (χ1v) is 10.9. The van der Waals surface area contributed by atoms with Crippen molar-refractivity contribution in [1.82, 2.24) is 14.9 Å². The van der Waals surface area contributed by atoms with Gasteiger partial charge < -0.3 is 5.73 Å². The molecule has 0 saturated carbocycles. The Bertz CT molecular complexity index is 1240. The molecule has 0 saturated heterocycles. The van der Waals surface area contributed by atoms with Gasteiger partial charge in [-0.2, -0.15) is 5.26 Å². The maximum atomic E-state index is 13.2. The van der Waals surface area contributed by atoms with Crippen LogP contribution in [0, 0.1) is 17.2 Å². The minimum absolute atomic E-state index is 0.0737. The fourth-order valence-electron chi connectivity index (χ4n) is 3.79. The van der Waals surface area contributed by atoms with Crippen LogP contribution in [0.5, 0.6) is 0 Å². The van der Waals surface area contributed by atoms with Crippen molar-refractivity contribution in [3.05, 3.63) is 76.5 Å². The predicted molar refractivity (Wildman–Crippen MR) is 125 cm³/mol. The molecule has 8 heteroatoms. The van der Waals surface area contributed by atoms with E-state index in [1.807, 2.05) is 48.7 Å². The van der Waals surface area contributed by atoms with Crippen LogP contribution in [-0.2, 0) is 10.3 Å². The third kappa shape index (κ3) is 4.03. The molecule has 0 bridgehead atoms. The van der Waals surface area contributed by atoms with E-state index in [9.17, 15) is 10.1 Å². The summed E-state index contributed by atoms with van der Waals surface area (Å²) in [5.41, 5.74) is 8.71. The highest BCUT2D eigenvalue weighted by atomic mass is 32.1. The summed E-state index contributed by atoms with van der Waals surface area (Å²) in [6.45, 7) is 1.95. The number of aromatic nitrogens is 2. The fourth-order valence-corrected chi connectivity index (χ4v) is 4.87. The number of nitrogens with zero attached hydrogens (tertiary/aromatic N) is 5. The molecule has 2 atom stereocenters. The Kier molecular flexibility index (Phi) is 5.84. The van der Waals surface area contributed by atoms with Crippen LogP contribution in [0.25, 0.3) is 17.2 Å². The first-order valence-electron chi connectivity index (χ1n) is 10.1. The average molecular weight is 443 g/mol. The molecule has 4 rings (SSSR count). The summed E-state index contributed by atoms with van der Waals surface area (Å²) < 4.78 is 0. The van der Waals surface area contributed by atoms with Crippen LogP contribution in [0.4, 0.5) is 0 Å². The summed E-state index contributed by atoms with van der Waals surface area (Å²) in [6, 6.07) is 11.7. The van der Waals surface area contributed by atoms with Gasteiger partial charge in [-0.1, -0.05) is 24.3 Å². The zero-order valence-electron chi connectivity index (χ0n) is 17.8. The number of aliphatic imine (C=N–C) groups is 1. The Balaban J connectivity index is 1.69. The topological polar surface area (TPSA) is 108 Å². The highest BCUT2D eigenvalue weighted by Gasteiger charge is 2.46. The van der Waals surface area contributed by atoms with E-state index in [-0.39, 0.29) is 11.9 Å². The fraction of sp³-hybridized carbons (Fsp3) is 0.208. The third-order valence-electron chi connectivity index (χ3n) is 5.68. The molecule has 0 aliphatic carbocycles. The van der Waals surface area contributed by atoms with Crippen molar-refractivity contribution in [3.63, 3.8) is 0 Å². The number of carbonyl (C=O) groups is 1. The van der Waals surface area contributed by atoms with Crippen LogP contribution in [0.15, 0.2) is 65.5 Å². The summed E-state index contributed by atoms with van der Waals surface area (Å²) in [7, 11) is 1.65. The van der Waals surface area contributed by atoms with Crippen molar-refractivity contribution in [2.45, 2.75) is 18.9 Å². The molecule has 7 nitrogen and oxygen atoms in total. The quantitative estimate of drug-likeness (QED) is 0.646. The normalized spacial score (nSPS) is 20.9. The number of benzene rings is 1. The van der Waals surface area contributed by atoms with E-state index in [4.69, 9.17) is 10.7 Å². The van der Waals surface area contributed by atoms with Crippen molar-refractivity contribution in [2.75, 3.05) is 7.05 Å². The molecule has 1 aromatic carbocycles. The molecular formula is C24H22N6OS. The van der Waals surface area contributed by atoms with Gasteiger partial charge in [0.15, 0.2) is 5.96 Å². The molecule has 3 aromatic rings. The molecule has 0 spiro atoms. The number of carbonyl (C=O) groups excluding carboxylic acids is 1. The summed E-state index contributed by atoms with van der Waals surface area (Å²) in [5, 5.41) is 11.2. The first-order chi connectivity index (χ1) is 15.4. The SMILES string of the molecule is CN1C(=O)C(CC=Cc2cncnc2)[C@@](C)(c2cc(-c3cccc(C#N)c3)cs2)N=C1N. The average Bonchev–Trinajstić information content (AvgIpc) is 3.32. The molecule has 32 heavy (non-hydrogen) atoms. The standard InChI is InChI=1S/C24H22N6OS/c1-24(21-10-19(14-32-21)18-7-3-5-16(9-18)11-25)20(22(31)30(2)23(26)29-24)8-4-6-17-12-27-15-28-13-17/h3-7,9-10,12-15,20H,8H2,1-2H3,(H2,26,29)/t20?,24-/m0/s1. The van der Waals surface area contributed by atoms with Crippen LogP contribution in [0.1, 0.15) is 29.3 Å². The van der Waals surface area contributed by atoms with Crippen molar-refractivity contribution in [2.24, 2.45) is 16.6 Å². The Morgan fingerprint density at radius 2 is 2.06 bits per heavy atom. The minimum atomic E-state index is -0.805. The molecule has 0 radical (unpaired) electrons. The molecule has 1 aliphatic rings. The van der Waals surface area contributed by atoms with Crippen LogP contribution in [0.2, 0.25) is 0 Å². The van der Waals surface area contributed by atoms with Gasteiger partial charge in [-0.15, -0.1) is 11.3 Å². The first kappa shape index (κ1) is 21.4. The number of rotatable bonds is 5. The van der Waals surface area contributed by atoms with Gasteiger partial charge in [-0.25, -0.2) is 15.0 Å². The van der Waals surface area contributed by atoms with Gasteiger partial charge in [0.1, 0.15) is 11.9 Å². The molecular weight excluding hydrogens is 420 g/mol. The summed E-state index contributed by atoms with van der Waals surface area (Å²) >= 11 is 1.54. The Morgan fingerprint density at radius 3 is 2.81 bits per heavy atom. The maximum absolute atomic E-state index is 13.2. The second kappa shape index (κ2) is 8.73. The lowest BCUT2D eigenvalue weighted by molar-refractivity contribution is -0.133. The van der Waals surface area contributed by atoms with Crippen LogP contribution < -0.4 is 5.73 Å². The zero-order valence-corrected chi connectivity index (χ0v) is 18.6. The van der Waals surface area contributed by atoms with E-state index in [2.05, 4.69) is 16.0 Å². The largest absolute Gasteiger partial charge is 0.369 e. The van der Waals surface area contributed by atoms with Crippen LogP contribution >= 0.6 is 11.3 Å². The second-order valence-corrected chi connectivity index (χ2v) is 8.68. The number of allylic oxidation sites excluding steroid dienone is 1. The van der Waals surface area contributed by atoms with Gasteiger partial charge in [0.25, 0.3) is 0 Å².